The Morgan fingerprint density at radius 1 is 0.483 bits per heavy atom. The molecule has 33 nitrogen and oxygen atoms in total. The highest BCUT2D eigenvalue weighted by atomic mass is 16.7. The van der Waals surface area contributed by atoms with Gasteiger partial charge in [-0.3, -0.25) is 33.7 Å². The highest BCUT2D eigenvalue weighted by Gasteiger charge is 2.47. The summed E-state index contributed by atoms with van der Waals surface area (Å²) < 4.78 is 29.8. The van der Waals surface area contributed by atoms with Gasteiger partial charge in [0.2, 0.25) is 0 Å². The lowest BCUT2D eigenvalue weighted by molar-refractivity contribution is -0.465. The molecule has 0 saturated carbocycles. The normalized spacial score (nSPS) is 22.4. The van der Waals surface area contributed by atoms with Crippen LogP contribution in [0.3, 0.4) is 0 Å². The maximum Gasteiger partial charge on any atom is 0.410 e. The van der Waals surface area contributed by atoms with Gasteiger partial charge >= 0.3 is 41.9 Å². The van der Waals surface area contributed by atoms with Crippen molar-refractivity contribution in [3.8, 4) is 0 Å². The van der Waals surface area contributed by atoms with E-state index in [9.17, 15) is 68.8 Å². The van der Waals surface area contributed by atoms with Gasteiger partial charge in [-0.25, -0.2) is 23.9 Å². The highest BCUT2D eigenvalue weighted by molar-refractivity contribution is 5.92. The van der Waals surface area contributed by atoms with Crippen LogP contribution in [-0.4, -0.2) is 290 Å². The summed E-state index contributed by atoms with van der Waals surface area (Å²) in [7, 11) is 0. The lowest BCUT2D eigenvalue weighted by Crippen LogP contribution is -2.35. The molecule has 6 aliphatic heterocycles. The third-order valence-electron chi connectivity index (χ3n) is 18.3. The number of amides is 3. The second-order valence-corrected chi connectivity index (χ2v) is 28.8. The number of esters is 5. The summed E-state index contributed by atoms with van der Waals surface area (Å²) in [6.07, 6.45) is -3.36. The molecule has 0 aliphatic carbocycles. The Bertz CT molecular complexity index is 3790. The molecule has 5 aromatic carbocycles. The first-order valence-corrected chi connectivity index (χ1v) is 39.2. The summed E-state index contributed by atoms with van der Waals surface area (Å²) in [6, 6.07) is 48.2. The Labute approximate surface area is 689 Å². The van der Waals surface area contributed by atoms with Crippen LogP contribution in [0.5, 0.6) is 0 Å². The summed E-state index contributed by atoms with van der Waals surface area (Å²) in [5.74, 6) is -7.25. The number of carboxylic acid groups (broad SMARTS) is 1. The van der Waals surface area contributed by atoms with E-state index in [1.165, 1.54) is 20.3 Å². The molecule has 11 rings (SSSR count). The fourth-order valence-corrected chi connectivity index (χ4v) is 12.3. The van der Waals surface area contributed by atoms with Crippen molar-refractivity contribution in [3.05, 3.63) is 197 Å². The zero-order chi connectivity index (χ0) is 87.3. The van der Waals surface area contributed by atoms with Gasteiger partial charge in [-0.1, -0.05) is 152 Å². The summed E-state index contributed by atoms with van der Waals surface area (Å²) in [5, 5.41) is 97.8. The number of benzene rings is 5. The molecule has 5 aromatic rings. The maximum atomic E-state index is 12.0. The number of hydrogen-bond donors (Lipinski definition) is 10. The number of likely N-dealkylation sites (tertiary alicyclic amines) is 4. The Hall–Kier alpha value is -10.1. The number of hydrogen-bond acceptors (Lipinski definition) is 28. The van der Waals surface area contributed by atoms with Gasteiger partial charge < -0.3 is 99.6 Å². The van der Waals surface area contributed by atoms with Crippen LogP contribution in [0.1, 0.15) is 83.2 Å². The minimum atomic E-state index is -1.42. The fraction of sp³-hybridized carbons (Fsp3) is 0.506. The molecular weight excluding hydrogens is 1530 g/mol. The Kier molecular flexibility index (Phi) is 45.9. The third-order valence-corrected chi connectivity index (χ3v) is 18.3. The second-order valence-electron chi connectivity index (χ2n) is 28.8. The third kappa shape index (κ3) is 36.4. The number of aliphatic carboxylic acids is 1. The van der Waals surface area contributed by atoms with Crippen LogP contribution < -0.4 is 5.32 Å². The van der Waals surface area contributed by atoms with Crippen LogP contribution in [0, 0.1) is 40.7 Å². The monoisotopic (exact) mass is 1650 g/mol. The Balaban J connectivity index is 0.000000288. The van der Waals surface area contributed by atoms with E-state index < -0.39 is 101 Å². The number of aliphatic hydroxyl groups excluding tert-OH is 8. The van der Waals surface area contributed by atoms with Gasteiger partial charge in [-0.15, -0.1) is 0 Å². The molecule has 6 saturated heterocycles. The van der Waals surface area contributed by atoms with Gasteiger partial charge in [-0.2, -0.15) is 5.06 Å². The fourth-order valence-electron chi connectivity index (χ4n) is 12.3. The molecule has 6 heterocycles. The zero-order valence-corrected chi connectivity index (χ0v) is 68.4. The summed E-state index contributed by atoms with van der Waals surface area (Å²) in [6.45, 7) is 24.9. The van der Waals surface area contributed by atoms with Crippen LogP contribution in [0.2, 0.25) is 0 Å². The van der Waals surface area contributed by atoms with Crippen molar-refractivity contribution in [1.29, 1.82) is 0 Å². The molecular formula is C85H119N7O26. The van der Waals surface area contributed by atoms with Crippen LogP contribution in [0.25, 0.3) is 0 Å². The summed E-state index contributed by atoms with van der Waals surface area (Å²) >= 11 is 0. The molecule has 0 radical (unpaired) electrons. The van der Waals surface area contributed by atoms with Gasteiger partial charge in [-0.05, 0) is 77.6 Å². The lowest BCUT2D eigenvalue weighted by atomic mass is 10.0. The van der Waals surface area contributed by atoms with Crippen LogP contribution in [0.4, 0.5) is 4.79 Å². The number of nitrogens with zero attached hydrogens (tertiary/aromatic N) is 6. The minimum Gasteiger partial charge on any atom is -0.624 e. The van der Waals surface area contributed by atoms with Crippen molar-refractivity contribution in [3.63, 3.8) is 0 Å². The maximum absolute atomic E-state index is 12.0. The average Bonchev–Trinajstić information content (AvgIpc) is 1.68. The van der Waals surface area contributed by atoms with Crippen LogP contribution in [0.15, 0.2) is 164 Å². The van der Waals surface area contributed by atoms with Gasteiger partial charge in [0.15, 0.2) is 12.6 Å². The Morgan fingerprint density at radius 2 is 0.873 bits per heavy atom. The SMILES string of the molecule is C=[N+]([O-])Cc1ccccc1.CC(C)(C)OC(=O)N1C[C@H](CO)[C@@H](O)C1.CCOC(=O)/C=C\C(=O)OCC.CCOC(=O)[C@@H]1CN(Cc2ccccc2)C(=O)[C@@H]1O.CCOC(=O)[C@H]1CN(Cc2ccccc2)O[C@H]1C(=O)OCC.O=C(O)[C@H]1CN(Cc2ccccc2)C(=O)[C@@H]1O.OC[C@H]1CN(Cc2ccccc2)C[C@@H]1O.OC[C@H]1CNC[C@@H]1O. The molecule has 10 N–H and O–H groups in total. The number of carbonyl (C=O) groups is 9. The van der Waals surface area contributed by atoms with Gasteiger partial charge in [0.1, 0.15) is 42.3 Å². The van der Waals surface area contributed by atoms with E-state index in [0.29, 0.717) is 70.3 Å². The van der Waals surface area contributed by atoms with Crippen molar-refractivity contribution in [2.75, 3.05) is 112 Å². The standard InChI is InChI=1S/C16H21NO5.C14H17NO4.C12H13NO4.C12H17NO2.C10H19NO4.C8H9NO.C8H12O4.C5H11NO2/c1-3-20-15(18)13-11-17(10-12-8-6-5-7-9-12)22-14(13)16(19)21-4-2;1-2-19-14(18)11-9-15(13(17)12(11)16)8-10-6-4-3-5-7-10;14-10-9(12(16)17)7-13(11(10)15)6-8-4-2-1-3-5-8;14-9-11-7-13(8-12(11)15)6-10-4-2-1-3-5-10;1-10(2,3)15-9(14)11-4-7(6-12)8(13)5-11;1-9(10)7-8-5-3-2-4-6-8;1-3-11-7(9)5-6-8(10)12-4-2;7-3-4-1-6-2-5(4)8/h5-9,13-14H,3-4,10-11H2,1-2H3;3-7,11-12,16H,2,8-9H2,1H3;1-5,9-10,14H,6-7H2,(H,16,17);1-5,11-12,14-15H,6-9H2;7-8,12-13H,4-6H2,1-3H3;2-6H,1,7H2;5-6H,3-4H2,1-2H3;4-8H,1-3H2/b;;;;;;6-5-;/t13-,14+;11-,12-;9-,10+;11-,12+;7-,8+;;;4-,5+/m01011..1/s1. The summed E-state index contributed by atoms with van der Waals surface area (Å²) in [4.78, 5) is 115. The van der Waals surface area contributed by atoms with Gasteiger partial charge in [0.25, 0.3) is 11.8 Å². The van der Waals surface area contributed by atoms with E-state index in [1.54, 1.807) is 60.5 Å². The van der Waals surface area contributed by atoms with E-state index in [2.05, 4.69) is 38.5 Å². The number of β-amino-alcohol motifs (C(OH)–C–C–N with tert-alkyl or cyclic N) is 3. The molecule has 0 spiro atoms. The predicted molar refractivity (Wildman–Crippen MR) is 431 cm³/mol. The van der Waals surface area contributed by atoms with Crippen LogP contribution >= 0.6 is 0 Å². The van der Waals surface area contributed by atoms with E-state index in [0.717, 1.165) is 54.0 Å². The van der Waals surface area contributed by atoms with Crippen molar-refractivity contribution in [2.24, 2.45) is 35.5 Å². The second kappa shape index (κ2) is 54.0. The molecule has 0 bridgehead atoms. The van der Waals surface area contributed by atoms with Crippen molar-refractivity contribution < 1.29 is 127 Å². The van der Waals surface area contributed by atoms with Crippen molar-refractivity contribution >= 4 is 60.4 Å². The predicted octanol–water partition coefficient (Wildman–Crippen LogP) is 3.51. The molecule has 33 heteroatoms. The number of nitrogens with one attached hydrogen (secondary N) is 1. The number of aliphatic hydroxyl groups is 8. The molecule has 118 heavy (non-hydrogen) atoms. The number of hydroxylamine groups is 3. The largest absolute Gasteiger partial charge is 0.624 e. The van der Waals surface area contributed by atoms with Crippen LogP contribution in [-0.2, 0) is 104 Å². The summed E-state index contributed by atoms with van der Waals surface area (Å²) in [5.41, 5.74) is 4.64. The zero-order valence-electron chi connectivity index (χ0n) is 68.4. The van der Waals surface area contributed by atoms with E-state index in [1.807, 2.05) is 140 Å². The minimum absolute atomic E-state index is 0.0220. The topological polar surface area (TPSA) is 455 Å². The molecule has 0 unspecified atom stereocenters. The van der Waals surface area contributed by atoms with Crippen molar-refractivity contribution in [1.82, 2.24) is 30.0 Å². The van der Waals surface area contributed by atoms with Gasteiger partial charge in [0, 0.05) is 127 Å². The molecule has 12 atom stereocenters. The van der Waals surface area contributed by atoms with E-state index in [4.69, 9.17) is 49.3 Å². The van der Waals surface area contributed by atoms with E-state index in [-0.39, 0.29) is 89.2 Å². The number of rotatable bonds is 24. The quantitative estimate of drug-likeness (QED) is 0.00803. The molecule has 6 fully saturated rings. The highest BCUT2D eigenvalue weighted by Crippen LogP contribution is 2.28. The average molecular weight is 1650 g/mol. The number of ether oxygens (including phenoxy) is 6. The molecule has 6 aliphatic rings. The first-order valence-electron chi connectivity index (χ1n) is 39.2. The number of carbonyl (C=O) groups excluding carboxylic acids is 8. The first kappa shape index (κ1) is 100. The first-order chi connectivity index (χ1) is 56.3. The van der Waals surface area contributed by atoms with E-state index >= 15 is 0 Å². The Morgan fingerprint density at radius 3 is 1.25 bits per heavy atom. The van der Waals surface area contributed by atoms with Gasteiger partial charge in [0.05, 0.1) is 64.5 Å². The molecule has 0 aromatic heterocycles. The molecule has 650 valence electrons. The molecule has 3 amide bonds. The number of carboxylic acids is 1. The van der Waals surface area contributed by atoms with Crippen molar-refractivity contribution in [2.45, 2.75) is 130 Å². The lowest BCUT2D eigenvalue weighted by Gasteiger charge is -2.24. The smallest absolute Gasteiger partial charge is 0.410 e.